The minimum atomic E-state index is -1.09. The Bertz CT molecular complexity index is 801. The number of hydroxylamine groups is 1. The average molecular weight is 332 g/mol. The van der Waals surface area contributed by atoms with Gasteiger partial charge in [0.05, 0.1) is 15.4 Å². The molecular weight excluding hydrogens is 320 g/mol. The Morgan fingerprint density at radius 1 is 1.08 bits per heavy atom. The molecule has 0 spiro atoms. The monoisotopic (exact) mass is 332 g/mol. The van der Waals surface area contributed by atoms with Gasteiger partial charge in [0.25, 0.3) is 5.91 Å². The smallest absolute Gasteiger partial charge is 0.300 e. The number of nitro benzene ring substituents is 2. The van der Waals surface area contributed by atoms with Crippen LogP contribution in [0, 0.1) is 27.2 Å². The standard InChI is InChI=1S/C14H12N4O6/c1-8-3-2-4-10(5-8)15-13-11(17(21)22)6-9(14(19)16-20)7-12(13)18(23)24/h2-7,15,20H,1H3,(H,16,19). The third-order valence-corrected chi connectivity index (χ3v) is 3.14. The second-order valence-corrected chi connectivity index (χ2v) is 4.84. The highest BCUT2D eigenvalue weighted by Crippen LogP contribution is 2.37. The van der Waals surface area contributed by atoms with E-state index in [0.29, 0.717) is 5.69 Å². The number of nitro groups is 2. The minimum absolute atomic E-state index is 0.356. The zero-order valence-electron chi connectivity index (χ0n) is 12.3. The fourth-order valence-electron chi connectivity index (χ4n) is 2.09. The number of aryl methyl sites for hydroxylation is 1. The molecule has 2 rings (SSSR count). The molecule has 0 fully saturated rings. The summed E-state index contributed by atoms with van der Waals surface area (Å²) in [5.74, 6) is -1.09. The van der Waals surface area contributed by atoms with Gasteiger partial charge in [-0.1, -0.05) is 12.1 Å². The molecule has 0 atom stereocenters. The number of rotatable bonds is 5. The van der Waals surface area contributed by atoms with Crippen LogP contribution in [-0.4, -0.2) is 21.0 Å². The lowest BCUT2D eigenvalue weighted by atomic mass is 10.1. The van der Waals surface area contributed by atoms with Gasteiger partial charge >= 0.3 is 11.4 Å². The Balaban J connectivity index is 2.65. The van der Waals surface area contributed by atoms with Crippen LogP contribution in [0.3, 0.4) is 0 Å². The lowest BCUT2D eigenvalue weighted by Gasteiger charge is -2.10. The zero-order chi connectivity index (χ0) is 17.9. The third kappa shape index (κ3) is 3.44. The van der Waals surface area contributed by atoms with Gasteiger partial charge in [0.1, 0.15) is 0 Å². The summed E-state index contributed by atoms with van der Waals surface area (Å²) in [5.41, 5.74) is 0.458. The molecule has 124 valence electrons. The molecule has 10 nitrogen and oxygen atoms in total. The summed E-state index contributed by atoms with van der Waals surface area (Å²) in [5, 5.41) is 33.8. The summed E-state index contributed by atoms with van der Waals surface area (Å²) in [6, 6.07) is 8.41. The molecule has 0 bridgehead atoms. The molecule has 2 aromatic rings. The predicted octanol–water partition coefficient (Wildman–Crippen LogP) is 2.67. The first-order chi connectivity index (χ1) is 11.3. The number of benzene rings is 2. The Kier molecular flexibility index (Phi) is 4.70. The zero-order valence-corrected chi connectivity index (χ0v) is 12.3. The van der Waals surface area contributed by atoms with Crippen molar-refractivity contribution < 1.29 is 19.8 Å². The van der Waals surface area contributed by atoms with Gasteiger partial charge in [-0.15, -0.1) is 0 Å². The van der Waals surface area contributed by atoms with Crippen molar-refractivity contribution in [2.24, 2.45) is 0 Å². The maximum absolute atomic E-state index is 11.5. The molecule has 2 aromatic carbocycles. The van der Waals surface area contributed by atoms with E-state index in [1.807, 2.05) is 0 Å². The molecule has 0 saturated heterocycles. The highest BCUT2D eigenvalue weighted by atomic mass is 16.6. The van der Waals surface area contributed by atoms with Gasteiger partial charge in [-0.25, -0.2) is 5.48 Å². The van der Waals surface area contributed by atoms with Crippen LogP contribution in [-0.2, 0) is 0 Å². The number of nitrogens with one attached hydrogen (secondary N) is 2. The summed E-state index contributed by atoms with van der Waals surface area (Å²) < 4.78 is 0. The van der Waals surface area contributed by atoms with Crippen LogP contribution >= 0.6 is 0 Å². The third-order valence-electron chi connectivity index (χ3n) is 3.14. The minimum Gasteiger partial charge on any atom is -0.344 e. The molecule has 0 aliphatic carbocycles. The first-order valence-corrected chi connectivity index (χ1v) is 6.58. The molecule has 3 N–H and O–H groups in total. The van der Waals surface area contributed by atoms with Crippen molar-refractivity contribution in [2.45, 2.75) is 6.92 Å². The van der Waals surface area contributed by atoms with Crippen LogP contribution in [0.1, 0.15) is 15.9 Å². The van der Waals surface area contributed by atoms with E-state index >= 15 is 0 Å². The van der Waals surface area contributed by atoms with E-state index in [1.165, 1.54) is 5.48 Å². The van der Waals surface area contributed by atoms with Crippen molar-refractivity contribution in [2.75, 3.05) is 5.32 Å². The average Bonchev–Trinajstić information content (AvgIpc) is 2.53. The number of anilines is 2. The van der Waals surface area contributed by atoms with Crippen molar-refractivity contribution in [3.63, 3.8) is 0 Å². The molecule has 1 amide bonds. The van der Waals surface area contributed by atoms with E-state index in [9.17, 15) is 25.0 Å². The second kappa shape index (κ2) is 6.71. The van der Waals surface area contributed by atoms with Crippen molar-refractivity contribution in [1.29, 1.82) is 0 Å². The van der Waals surface area contributed by atoms with Crippen molar-refractivity contribution in [3.8, 4) is 0 Å². The Labute approximate surface area is 135 Å². The SMILES string of the molecule is Cc1cccc(Nc2c([N+](=O)[O-])cc(C(=O)NO)cc2[N+](=O)[O-])c1. The van der Waals surface area contributed by atoms with Gasteiger partial charge in [-0.05, 0) is 24.6 Å². The van der Waals surface area contributed by atoms with E-state index in [2.05, 4.69) is 5.32 Å². The normalized spacial score (nSPS) is 10.1. The fraction of sp³-hybridized carbons (Fsp3) is 0.0714. The lowest BCUT2D eigenvalue weighted by Crippen LogP contribution is -2.19. The maximum atomic E-state index is 11.5. The molecule has 0 unspecified atom stereocenters. The van der Waals surface area contributed by atoms with Gasteiger partial charge in [-0.3, -0.25) is 30.2 Å². The molecule has 0 aromatic heterocycles. The Morgan fingerprint density at radius 2 is 1.67 bits per heavy atom. The first kappa shape index (κ1) is 16.8. The summed E-state index contributed by atoms with van der Waals surface area (Å²) in [4.78, 5) is 32.3. The van der Waals surface area contributed by atoms with Gasteiger partial charge in [0.15, 0.2) is 5.69 Å². The maximum Gasteiger partial charge on any atom is 0.300 e. The summed E-state index contributed by atoms with van der Waals surface area (Å²) in [6.45, 7) is 1.79. The number of hydrogen-bond acceptors (Lipinski definition) is 7. The quantitative estimate of drug-likeness (QED) is 0.433. The summed E-state index contributed by atoms with van der Waals surface area (Å²) >= 11 is 0. The van der Waals surface area contributed by atoms with Crippen molar-refractivity contribution in [1.82, 2.24) is 5.48 Å². The van der Waals surface area contributed by atoms with E-state index in [1.54, 1.807) is 31.2 Å². The van der Waals surface area contributed by atoms with Crippen LogP contribution in [0.25, 0.3) is 0 Å². The highest BCUT2D eigenvalue weighted by molar-refractivity contribution is 5.97. The molecule has 0 saturated carbocycles. The number of carbonyl (C=O) groups is 1. The van der Waals surface area contributed by atoms with Crippen LogP contribution in [0.5, 0.6) is 0 Å². The molecule has 0 aliphatic heterocycles. The van der Waals surface area contributed by atoms with Crippen LogP contribution < -0.4 is 10.8 Å². The molecule has 0 aliphatic rings. The molecular formula is C14H12N4O6. The van der Waals surface area contributed by atoms with Gasteiger partial charge in [0, 0.05) is 17.8 Å². The molecule has 10 heteroatoms. The largest absolute Gasteiger partial charge is 0.344 e. The van der Waals surface area contributed by atoms with Crippen LogP contribution in [0.4, 0.5) is 22.7 Å². The molecule has 24 heavy (non-hydrogen) atoms. The van der Waals surface area contributed by atoms with Gasteiger partial charge in [-0.2, -0.15) is 0 Å². The van der Waals surface area contributed by atoms with E-state index in [4.69, 9.17) is 5.21 Å². The van der Waals surface area contributed by atoms with Crippen LogP contribution in [0.15, 0.2) is 36.4 Å². The van der Waals surface area contributed by atoms with E-state index < -0.39 is 32.7 Å². The molecule has 0 radical (unpaired) electrons. The predicted molar refractivity (Wildman–Crippen MR) is 83.5 cm³/mol. The van der Waals surface area contributed by atoms with Crippen molar-refractivity contribution in [3.05, 3.63) is 67.8 Å². The van der Waals surface area contributed by atoms with E-state index in [-0.39, 0.29) is 5.69 Å². The number of nitrogens with zero attached hydrogens (tertiary/aromatic N) is 2. The summed E-state index contributed by atoms with van der Waals surface area (Å²) in [7, 11) is 0. The Morgan fingerprint density at radius 3 is 2.12 bits per heavy atom. The van der Waals surface area contributed by atoms with Crippen molar-refractivity contribution >= 4 is 28.7 Å². The second-order valence-electron chi connectivity index (χ2n) is 4.84. The Hall–Kier alpha value is -3.53. The number of amides is 1. The highest BCUT2D eigenvalue weighted by Gasteiger charge is 2.28. The van der Waals surface area contributed by atoms with Gasteiger partial charge < -0.3 is 5.32 Å². The fourth-order valence-corrected chi connectivity index (χ4v) is 2.09. The topological polar surface area (TPSA) is 148 Å². The lowest BCUT2D eigenvalue weighted by molar-refractivity contribution is -0.392. The number of hydrogen-bond donors (Lipinski definition) is 3. The molecule has 0 heterocycles. The first-order valence-electron chi connectivity index (χ1n) is 6.58. The van der Waals surface area contributed by atoms with Crippen LogP contribution in [0.2, 0.25) is 0 Å². The summed E-state index contributed by atoms with van der Waals surface area (Å²) in [6.07, 6.45) is 0. The van der Waals surface area contributed by atoms with E-state index in [0.717, 1.165) is 17.7 Å². The number of carbonyl (C=O) groups excluding carboxylic acids is 1. The van der Waals surface area contributed by atoms with Gasteiger partial charge in [0.2, 0.25) is 0 Å².